The van der Waals surface area contributed by atoms with E-state index in [9.17, 15) is 9.90 Å². The predicted molar refractivity (Wildman–Crippen MR) is 106 cm³/mol. The van der Waals surface area contributed by atoms with Crippen molar-refractivity contribution in [2.75, 3.05) is 40.3 Å². The van der Waals surface area contributed by atoms with Crippen molar-refractivity contribution >= 4 is 16.7 Å². The number of piperidine rings is 1. The van der Waals surface area contributed by atoms with Crippen LogP contribution in [0.1, 0.15) is 30.9 Å². The second-order valence-electron chi connectivity index (χ2n) is 8.24. The third kappa shape index (κ3) is 3.54. The average Bonchev–Trinajstić information content (AvgIpc) is 3.03. The Kier molecular flexibility index (Phi) is 4.82. The summed E-state index contributed by atoms with van der Waals surface area (Å²) >= 11 is 0. The number of hydrogen-bond acceptors (Lipinski definition) is 4. The number of rotatable bonds is 4. The minimum Gasteiger partial charge on any atom is -0.497 e. The summed E-state index contributed by atoms with van der Waals surface area (Å²) in [6.07, 6.45) is 3.42. The molecule has 5 heteroatoms. The standard InChI is InChI=1S/C22H28N2O3/c1-23-10-7-22(15-23)8-11-24(12-9-22)20(21(25)26)18-4-3-17-14-19(27-2)6-5-16(17)13-18/h3-6,13-14,20H,7-12,15H2,1-2H3,(H,25,26). The maximum atomic E-state index is 12.1. The third-order valence-electron chi connectivity index (χ3n) is 6.47. The second-order valence-corrected chi connectivity index (χ2v) is 8.24. The molecule has 0 aliphatic carbocycles. The number of likely N-dealkylation sites (tertiary alicyclic amines) is 2. The first kappa shape index (κ1) is 18.3. The van der Waals surface area contributed by atoms with Gasteiger partial charge in [0.2, 0.25) is 0 Å². The lowest BCUT2D eigenvalue weighted by Crippen LogP contribution is -2.45. The van der Waals surface area contributed by atoms with E-state index in [1.165, 1.54) is 6.42 Å². The van der Waals surface area contributed by atoms with E-state index in [4.69, 9.17) is 4.74 Å². The maximum absolute atomic E-state index is 12.1. The Bertz CT molecular complexity index is 843. The summed E-state index contributed by atoms with van der Waals surface area (Å²) in [7, 11) is 3.84. The Balaban J connectivity index is 1.56. The molecule has 0 amide bonds. The highest BCUT2D eigenvalue weighted by Gasteiger charge is 2.41. The van der Waals surface area contributed by atoms with Gasteiger partial charge in [-0.25, -0.2) is 0 Å². The van der Waals surface area contributed by atoms with Gasteiger partial charge in [-0.15, -0.1) is 0 Å². The molecule has 27 heavy (non-hydrogen) atoms. The van der Waals surface area contributed by atoms with Crippen molar-refractivity contribution in [1.29, 1.82) is 0 Å². The summed E-state index contributed by atoms with van der Waals surface area (Å²) in [5.41, 5.74) is 1.26. The van der Waals surface area contributed by atoms with Gasteiger partial charge < -0.3 is 14.7 Å². The molecule has 144 valence electrons. The highest BCUT2D eigenvalue weighted by atomic mass is 16.5. The number of ether oxygens (including phenoxy) is 1. The van der Waals surface area contributed by atoms with Crippen molar-refractivity contribution in [3.05, 3.63) is 42.0 Å². The minimum atomic E-state index is -0.762. The van der Waals surface area contributed by atoms with Crippen molar-refractivity contribution < 1.29 is 14.6 Å². The number of benzene rings is 2. The van der Waals surface area contributed by atoms with Gasteiger partial charge in [0.05, 0.1) is 7.11 Å². The van der Waals surface area contributed by atoms with Crippen LogP contribution >= 0.6 is 0 Å². The van der Waals surface area contributed by atoms with Gasteiger partial charge in [0.15, 0.2) is 0 Å². The van der Waals surface area contributed by atoms with Gasteiger partial charge in [-0.05, 0) is 85.9 Å². The zero-order valence-corrected chi connectivity index (χ0v) is 16.1. The molecule has 2 heterocycles. The molecule has 0 aromatic heterocycles. The molecule has 1 N–H and O–H groups in total. The molecule has 1 atom stereocenters. The number of carbonyl (C=O) groups is 1. The number of aliphatic carboxylic acids is 1. The van der Waals surface area contributed by atoms with Gasteiger partial charge in [-0.1, -0.05) is 18.2 Å². The quantitative estimate of drug-likeness (QED) is 0.896. The molecule has 5 nitrogen and oxygen atoms in total. The average molecular weight is 368 g/mol. The summed E-state index contributed by atoms with van der Waals surface area (Å²) in [6, 6.07) is 11.3. The molecule has 1 spiro atoms. The Hall–Kier alpha value is -2.11. The fraction of sp³-hybridized carbons (Fsp3) is 0.500. The van der Waals surface area contributed by atoms with Crippen molar-refractivity contribution in [1.82, 2.24) is 9.80 Å². The van der Waals surface area contributed by atoms with Crippen LogP contribution < -0.4 is 4.74 Å². The number of methoxy groups -OCH3 is 1. The van der Waals surface area contributed by atoms with E-state index < -0.39 is 12.0 Å². The minimum absolute atomic E-state index is 0.397. The van der Waals surface area contributed by atoms with Gasteiger partial charge in [0.1, 0.15) is 11.8 Å². The maximum Gasteiger partial charge on any atom is 0.325 e. The van der Waals surface area contributed by atoms with Crippen LogP contribution in [0, 0.1) is 5.41 Å². The van der Waals surface area contributed by atoms with Crippen molar-refractivity contribution in [3.63, 3.8) is 0 Å². The summed E-state index contributed by atoms with van der Waals surface area (Å²) in [5, 5.41) is 12.1. The predicted octanol–water partition coefficient (Wildman–Crippen LogP) is 3.39. The molecular weight excluding hydrogens is 340 g/mol. The van der Waals surface area contributed by atoms with E-state index in [0.29, 0.717) is 5.41 Å². The highest BCUT2D eigenvalue weighted by Crippen LogP contribution is 2.41. The van der Waals surface area contributed by atoms with Crippen LogP contribution in [0.5, 0.6) is 5.75 Å². The summed E-state index contributed by atoms with van der Waals surface area (Å²) in [4.78, 5) is 16.7. The number of carboxylic acid groups (broad SMARTS) is 1. The van der Waals surface area contributed by atoms with Gasteiger partial charge in [0, 0.05) is 6.54 Å². The van der Waals surface area contributed by atoms with E-state index in [1.807, 2.05) is 36.4 Å². The molecule has 0 radical (unpaired) electrons. The van der Waals surface area contributed by atoms with Crippen LogP contribution in [0.2, 0.25) is 0 Å². The number of hydrogen-bond donors (Lipinski definition) is 1. The topological polar surface area (TPSA) is 53.0 Å². The number of carboxylic acids is 1. The van der Waals surface area contributed by atoms with Crippen LogP contribution in [0.3, 0.4) is 0 Å². The zero-order chi connectivity index (χ0) is 19.0. The zero-order valence-electron chi connectivity index (χ0n) is 16.1. The molecule has 2 aromatic rings. The first-order valence-corrected chi connectivity index (χ1v) is 9.73. The molecule has 2 aliphatic heterocycles. The Morgan fingerprint density at radius 3 is 2.37 bits per heavy atom. The smallest absolute Gasteiger partial charge is 0.325 e. The lowest BCUT2D eigenvalue weighted by Gasteiger charge is -2.41. The third-order valence-corrected chi connectivity index (χ3v) is 6.47. The fourth-order valence-electron chi connectivity index (χ4n) is 4.87. The van der Waals surface area contributed by atoms with Crippen molar-refractivity contribution in [2.24, 2.45) is 5.41 Å². The van der Waals surface area contributed by atoms with Gasteiger partial charge >= 0.3 is 5.97 Å². The van der Waals surface area contributed by atoms with Crippen LogP contribution in [-0.4, -0.2) is 61.2 Å². The molecule has 2 fully saturated rings. The fourth-order valence-corrected chi connectivity index (χ4v) is 4.87. The molecule has 4 rings (SSSR count). The van der Waals surface area contributed by atoms with Crippen LogP contribution in [-0.2, 0) is 4.79 Å². The summed E-state index contributed by atoms with van der Waals surface area (Å²) < 4.78 is 5.28. The van der Waals surface area contributed by atoms with E-state index in [0.717, 1.165) is 61.1 Å². The van der Waals surface area contributed by atoms with Crippen LogP contribution in [0.15, 0.2) is 36.4 Å². The Labute approximate surface area is 160 Å². The summed E-state index contributed by atoms with van der Waals surface area (Å²) in [5.74, 6) is 0.0512. The Morgan fingerprint density at radius 2 is 1.74 bits per heavy atom. The number of nitrogens with zero attached hydrogens (tertiary/aromatic N) is 2. The van der Waals surface area contributed by atoms with E-state index in [1.54, 1.807) is 7.11 Å². The van der Waals surface area contributed by atoms with Crippen molar-refractivity contribution in [2.45, 2.75) is 25.3 Å². The second kappa shape index (κ2) is 7.13. The largest absolute Gasteiger partial charge is 0.497 e. The molecule has 2 aromatic carbocycles. The van der Waals surface area contributed by atoms with Gasteiger partial charge in [0.25, 0.3) is 0 Å². The van der Waals surface area contributed by atoms with Crippen LogP contribution in [0.4, 0.5) is 0 Å². The molecule has 2 aliphatic rings. The van der Waals surface area contributed by atoms with Gasteiger partial charge in [-0.2, -0.15) is 0 Å². The SMILES string of the molecule is COc1ccc2cc(C(C(=O)O)N3CCC4(CCN(C)C4)CC3)ccc2c1. The summed E-state index contributed by atoms with van der Waals surface area (Å²) in [6.45, 7) is 4.02. The van der Waals surface area contributed by atoms with Gasteiger partial charge in [-0.3, -0.25) is 9.69 Å². The first-order valence-electron chi connectivity index (χ1n) is 9.73. The molecular formula is C22H28N2O3. The normalized spacial score (nSPS) is 21.6. The van der Waals surface area contributed by atoms with E-state index in [2.05, 4.69) is 16.8 Å². The number of fused-ring (bicyclic) bond motifs is 1. The highest BCUT2D eigenvalue weighted by molar-refractivity contribution is 5.86. The molecule has 0 bridgehead atoms. The molecule has 2 saturated heterocycles. The molecule has 1 unspecified atom stereocenters. The Morgan fingerprint density at radius 1 is 1.07 bits per heavy atom. The van der Waals surface area contributed by atoms with Crippen LogP contribution in [0.25, 0.3) is 10.8 Å². The lowest BCUT2D eigenvalue weighted by molar-refractivity contribution is -0.144. The monoisotopic (exact) mass is 368 g/mol. The lowest BCUT2D eigenvalue weighted by atomic mass is 9.77. The molecule has 0 saturated carbocycles. The first-order chi connectivity index (χ1) is 13.0. The van der Waals surface area contributed by atoms with E-state index >= 15 is 0 Å². The van der Waals surface area contributed by atoms with Crippen molar-refractivity contribution in [3.8, 4) is 5.75 Å². The van der Waals surface area contributed by atoms with E-state index in [-0.39, 0.29) is 0 Å².